The summed E-state index contributed by atoms with van der Waals surface area (Å²) in [6.45, 7) is 11.2. The molecule has 0 bridgehead atoms. The summed E-state index contributed by atoms with van der Waals surface area (Å²) in [6, 6.07) is 18.6. The lowest BCUT2D eigenvalue weighted by Gasteiger charge is -2.43. The van der Waals surface area contributed by atoms with Gasteiger partial charge >= 0.3 is 0 Å². The summed E-state index contributed by atoms with van der Waals surface area (Å²) >= 11 is 6.55. The lowest BCUT2D eigenvalue weighted by molar-refractivity contribution is -0.136. The Morgan fingerprint density at radius 1 is 0.824 bits per heavy atom. The van der Waals surface area contributed by atoms with Gasteiger partial charge in [0.25, 0.3) is 11.8 Å². The van der Waals surface area contributed by atoms with Crippen LogP contribution in [0.2, 0.25) is 5.02 Å². The second-order valence-electron chi connectivity index (χ2n) is 18.4. The van der Waals surface area contributed by atoms with Crippen molar-refractivity contribution in [2.75, 3.05) is 86.5 Å². The second-order valence-corrected chi connectivity index (χ2v) is 22.0. The van der Waals surface area contributed by atoms with E-state index in [0.29, 0.717) is 46.3 Å². The molecule has 4 amide bonds. The number of aromatic nitrogens is 4. The Morgan fingerprint density at radius 3 is 2.35 bits per heavy atom. The summed E-state index contributed by atoms with van der Waals surface area (Å²) in [5, 5.41) is 17.8. The van der Waals surface area contributed by atoms with Crippen LogP contribution in [-0.4, -0.2) is 136 Å². The Bertz CT molecular complexity index is 2760. The fourth-order valence-electron chi connectivity index (χ4n) is 9.86. The number of halogens is 1. The number of rotatable bonds is 16. The molecule has 0 saturated carbocycles. The quantitative estimate of drug-likeness (QED) is 0.0474. The minimum atomic E-state index is -2.56. The van der Waals surface area contributed by atoms with Gasteiger partial charge in [0.05, 0.1) is 29.2 Å². The number of para-hydroxylation sites is 1. The lowest BCUT2D eigenvalue weighted by Crippen LogP contribution is -2.54. The van der Waals surface area contributed by atoms with Crippen LogP contribution < -0.4 is 31.5 Å². The number of piperazine rings is 1. The first-order chi connectivity index (χ1) is 32.8. The molecule has 5 aromatic rings. The number of nitrogens with zero attached hydrogens (tertiary/aromatic N) is 8. The predicted molar refractivity (Wildman–Crippen MR) is 266 cm³/mol. The molecule has 68 heavy (non-hydrogen) atoms. The summed E-state index contributed by atoms with van der Waals surface area (Å²) in [4.78, 5) is 68.7. The van der Waals surface area contributed by atoms with Gasteiger partial charge in [0.15, 0.2) is 5.82 Å². The molecule has 3 aromatic carbocycles. The highest BCUT2D eigenvalue weighted by atomic mass is 35.5. The van der Waals surface area contributed by atoms with E-state index in [1.165, 1.54) is 0 Å². The van der Waals surface area contributed by atoms with Crippen molar-refractivity contribution in [3.05, 3.63) is 95.4 Å². The monoisotopic (exact) mass is 960 g/mol. The fraction of sp³-hybridized carbons (Fsp3) is 0.408. The van der Waals surface area contributed by atoms with E-state index in [0.717, 1.165) is 111 Å². The number of aryl methyl sites for hydroxylation is 1. The van der Waals surface area contributed by atoms with Crippen LogP contribution in [0.1, 0.15) is 65.7 Å². The molecule has 3 fully saturated rings. The van der Waals surface area contributed by atoms with Gasteiger partial charge in [-0.05, 0) is 108 Å². The van der Waals surface area contributed by atoms with Gasteiger partial charge in [-0.2, -0.15) is 10.1 Å². The zero-order valence-electron chi connectivity index (χ0n) is 38.7. The molecule has 9 rings (SSSR count). The van der Waals surface area contributed by atoms with Gasteiger partial charge in [0.2, 0.25) is 17.8 Å². The topological polar surface area (TPSA) is 190 Å². The van der Waals surface area contributed by atoms with Crippen LogP contribution in [0.5, 0.6) is 0 Å². The van der Waals surface area contributed by atoms with E-state index >= 15 is 0 Å². The summed E-state index contributed by atoms with van der Waals surface area (Å²) in [5.74, 6) is -1.21. The van der Waals surface area contributed by atoms with E-state index in [1.807, 2.05) is 48.4 Å². The minimum Gasteiger partial charge on any atom is -0.384 e. The summed E-state index contributed by atoms with van der Waals surface area (Å²) in [5.41, 5.74) is 5.93. The Morgan fingerprint density at radius 2 is 1.60 bits per heavy atom. The maximum absolute atomic E-state index is 13.4. The molecule has 0 aliphatic carbocycles. The Kier molecular flexibility index (Phi) is 14.0. The number of hydrogen-bond acceptors (Lipinski definition) is 14. The van der Waals surface area contributed by atoms with Gasteiger partial charge in [-0.1, -0.05) is 36.2 Å². The number of amides is 4. The third-order valence-corrected chi connectivity index (χ3v) is 15.2. The normalized spacial score (nSPS) is 18.5. The maximum Gasteiger partial charge on any atom is 0.264 e. The number of fused-ring (bicyclic) bond motifs is 1. The zero-order chi connectivity index (χ0) is 47.5. The van der Waals surface area contributed by atoms with Gasteiger partial charge in [0.1, 0.15) is 18.2 Å². The Hall–Kier alpha value is -6.13. The average Bonchev–Trinajstić information content (AvgIpc) is 3.88. The van der Waals surface area contributed by atoms with Crippen molar-refractivity contribution in [2.24, 2.45) is 7.05 Å². The smallest absolute Gasteiger partial charge is 0.264 e. The maximum atomic E-state index is 13.4. The van der Waals surface area contributed by atoms with Crippen LogP contribution in [0, 0.1) is 0 Å². The van der Waals surface area contributed by atoms with Crippen LogP contribution in [-0.2, 0) is 21.2 Å². The number of nitrogens with one attached hydrogen (secondary N) is 4. The molecule has 0 spiro atoms. The van der Waals surface area contributed by atoms with Crippen molar-refractivity contribution >= 4 is 82.2 Å². The third-order valence-electron chi connectivity index (χ3n) is 13.4. The van der Waals surface area contributed by atoms with Crippen molar-refractivity contribution in [2.45, 2.75) is 57.0 Å². The fourth-order valence-corrected chi connectivity index (χ4v) is 11.2. The number of carbonyl (C=O) groups is 4. The van der Waals surface area contributed by atoms with Crippen LogP contribution in [0.3, 0.4) is 0 Å². The zero-order valence-corrected chi connectivity index (χ0v) is 40.4. The first kappa shape index (κ1) is 47.0. The first-order valence-corrected chi connectivity index (χ1v) is 26.4. The standard InChI is InChI=1S/C49H58ClN12O5P/c1-58-31-32(29-53-58)36-28-33(54-49-52-30-37(50)45(57-49)55-38-11-5-6-13-42(38)68(2,3)67)14-15-40(36)61-26-24-60(25-27-61)34-18-22-59(23-19-34)21-8-4-7-20-51-39-12-9-10-35-44(39)48(66)62(47(35)65)41-16-17-43(63)56-46(41)64/h5-6,9-15,28-31,34,41,51H,4,7-8,16-27H2,1-3H3,(H,56,63,64)(H2,52,54,55,57). The van der Waals surface area contributed by atoms with Crippen LogP contribution in [0.25, 0.3) is 11.1 Å². The van der Waals surface area contributed by atoms with Crippen molar-refractivity contribution in [3.8, 4) is 11.1 Å². The number of imide groups is 2. The largest absolute Gasteiger partial charge is 0.384 e. The van der Waals surface area contributed by atoms with E-state index in [1.54, 1.807) is 37.7 Å². The number of piperidine rings is 2. The molecule has 6 heterocycles. The minimum absolute atomic E-state index is 0.0887. The molecule has 4 N–H and O–H groups in total. The molecule has 0 radical (unpaired) electrons. The molecular formula is C49H58ClN12O5P. The molecule has 2 aromatic heterocycles. The van der Waals surface area contributed by atoms with E-state index in [-0.39, 0.29) is 18.4 Å². The van der Waals surface area contributed by atoms with Gasteiger partial charge in [-0.3, -0.25) is 39.0 Å². The second kappa shape index (κ2) is 20.2. The lowest BCUT2D eigenvalue weighted by atomic mass is 10.0. The predicted octanol–water partition coefficient (Wildman–Crippen LogP) is 6.54. The van der Waals surface area contributed by atoms with Crippen LogP contribution in [0.4, 0.5) is 34.5 Å². The highest BCUT2D eigenvalue weighted by Gasteiger charge is 2.45. The Labute approximate surface area is 401 Å². The van der Waals surface area contributed by atoms with Gasteiger partial charge < -0.3 is 30.3 Å². The number of likely N-dealkylation sites (tertiary alicyclic amines) is 1. The van der Waals surface area contributed by atoms with Crippen molar-refractivity contribution in [1.29, 1.82) is 0 Å². The molecule has 1 unspecified atom stereocenters. The summed E-state index contributed by atoms with van der Waals surface area (Å²) in [7, 11) is -0.639. The third kappa shape index (κ3) is 10.3. The first-order valence-electron chi connectivity index (χ1n) is 23.4. The van der Waals surface area contributed by atoms with E-state index in [9.17, 15) is 23.7 Å². The van der Waals surface area contributed by atoms with Crippen molar-refractivity contribution in [3.63, 3.8) is 0 Å². The van der Waals surface area contributed by atoms with E-state index < -0.39 is 36.8 Å². The molecule has 1 atom stereocenters. The van der Waals surface area contributed by atoms with Gasteiger partial charge in [-0.25, -0.2) is 4.98 Å². The van der Waals surface area contributed by atoms with Crippen LogP contribution in [0.15, 0.2) is 79.3 Å². The van der Waals surface area contributed by atoms with Crippen molar-refractivity contribution in [1.82, 2.24) is 39.8 Å². The van der Waals surface area contributed by atoms with E-state index in [2.05, 4.69) is 64.2 Å². The van der Waals surface area contributed by atoms with Crippen LogP contribution >= 0.6 is 18.7 Å². The molecule has 17 nitrogen and oxygen atoms in total. The SMILES string of the molecule is Cn1cc(-c2cc(Nc3ncc(Cl)c(Nc4ccccc4P(C)(C)=O)n3)ccc2N2CCN(C3CCN(CCCCCNc4cccc5c4C(=O)N(C4CCC(=O)NC4=O)C5=O)CC3)CC2)cn1. The molecule has 3 saturated heterocycles. The van der Waals surface area contributed by atoms with Gasteiger partial charge in [-0.15, -0.1) is 0 Å². The molecule has 4 aliphatic rings. The number of unbranched alkanes of at least 4 members (excludes halogenated alkanes) is 2. The Balaban J connectivity index is 0.738. The number of carbonyl (C=O) groups excluding carboxylic acids is 4. The average molecular weight is 962 g/mol. The van der Waals surface area contributed by atoms with Gasteiger partial charge in [0, 0.05) is 91.9 Å². The van der Waals surface area contributed by atoms with Crippen molar-refractivity contribution < 1.29 is 23.7 Å². The molecule has 4 aliphatic heterocycles. The number of hydrogen-bond donors (Lipinski definition) is 4. The molecule has 356 valence electrons. The summed E-state index contributed by atoms with van der Waals surface area (Å²) < 4.78 is 14.8. The molecular weight excluding hydrogens is 903 g/mol. The highest BCUT2D eigenvalue weighted by Crippen LogP contribution is 2.40. The number of benzene rings is 3. The molecule has 19 heteroatoms. The number of anilines is 6. The van der Waals surface area contributed by atoms with E-state index in [4.69, 9.17) is 16.6 Å². The highest BCUT2D eigenvalue weighted by molar-refractivity contribution is 7.70. The summed E-state index contributed by atoms with van der Waals surface area (Å²) in [6.07, 6.45) is 11.0.